The fourth-order valence-electron chi connectivity index (χ4n) is 1.52. The summed E-state index contributed by atoms with van der Waals surface area (Å²) in [4.78, 5) is 5.26. The van der Waals surface area contributed by atoms with Crippen molar-refractivity contribution < 1.29 is 9.23 Å². The molecule has 0 fully saturated rings. The first kappa shape index (κ1) is 14.0. The molecule has 0 amide bonds. The molecule has 0 N–H and O–H groups in total. The maximum absolute atomic E-state index is 13.6. The minimum absolute atomic E-state index is 0.297. The Morgan fingerprint density at radius 2 is 2.33 bits per heavy atom. The van der Waals surface area contributed by atoms with Crippen molar-refractivity contribution in [2.24, 2.45) is 5.16 Å². The molecule has 1 heterocycles. The third kappa shape index (κ3) is 3.11. The fourth-order valence-corrected chi connectivity index (χ4v) is 3.07. The molecule has 2 nitrogen and oxygen atoms in total. The molecule has 0 bridgehead atoms. The highest BCUT2D eigenvalue weighted by atomic mass is 35.5. The molecule has 0 saturated heterocycles. The molecular weight excluding hydrogens is 296 g/mol. The van der Waals surface area contributed by atoms with Crippen LogP contribution in [0, 0.1) is 5.82 Å². The average Bonchev–Trinajstić information content (AvgIpc) is 2.72. The Morgan fingerprint density at radius 3 is 2.94 bits per heavy atom. The molecule has 1 atom stereocenters. The van der Waals surface area contributed by atoms with E-state index in [4.69, 9.17) is 28.0 Å². The quantitative estimate of drug-likeness (QED) is 0.770. The van der Waals surface area contributed by atoms with Crippen LogP contribution in [-0.2, 0) is 10.6 Å². The minimum atomic E-state index is -0.442. The van der Waals surface area contributed by atoms with Crippen LogP contribution in [0.4, 0.5) is 4.39 Å². The predicted molar refractivity (Wildman–Crippen MR) is 75.0 cm³/mol. The summed E-state index contributed by atoms with van der Waals surface area (Å²) in [5, 5.41) is 5.21. The molecule has 18 heavy (non-hydrogen) atoms. The SMILES string of the molecule is CC1(CCl)CC(SCc2c(F)cccc2Cl)=NO1. The van der Waals surface area contributed by atoms with Gasteiger partial charge >= 0.3 is 0 Å². The molecule has 1 unspecified atom stereocenters. The van der Waals surface area contributed by atoms with Gasteiger partial charge in [-0.2, -0.15) is 0 Å². The van der Waals surface area contributed by atoms with Gasteiger partial charge in [-0.25, -0.2) is 4.39 Å². The van der Waals surface area contributed by atoms with Gasteiger partial charge in [0.1, 0.15) is 10.9 Å². The molecule has 0 radical (unpaired) electrons. The Kier molecular flexibility index (Phi) is 4.41. The van der Waals surface area contributed by atoms with Crippen molar-refractivity contribution in [2.75, 3.05) is 5.88 Å². The largest absolute Gasteiger partial charge is 0.387 e. The second kappa shape index (κ2) is 5.68. The number of halogens is 3. The van der Waals surface area contributed by atoms with Crippen molar-refractivity contribution >= 4 is 40.0 Å². The van der Waals surface area contributed by atoms with E-state index in [9.17, 15) is 4.39 Å². The van der Waals surface area contributed by atoms with Gasteiger partial charge in [0.05, 0.1) is 5.88 Å². The van der Waals surface area contributed by atoms with Crippen LogP contribution in [0.1, 0.15) is 18.9 Å². The average molecular weight is 308 g/mol. The highest BCUT2D eigenvalue weighted by Gasteiger charge is 2.33. The van der Waals surface area contributed by atoms with Crippen molar-refractivity contribution in [3.8, 4) is 0 Å². The predicted octanol–water partition coefficient (Wildman–Crippen LogP) is 4.44. The maximum Gasteiger partial charge on any atom is 0.154 e. The lowest BCUT2D eigenvalue weighted by molar-refractivity contribution is 0.0152. The second-order valence-corrected chi connectivity index (χ2v) is 6.05. The van der Waals surface area contributed by atoms with E-state index < -0.39 is 5.60 Å². The summed E-state index contributed by atoms with van der Waals surface area (Å²) in [7, 11) is 0. The smallest absolute Gasteiger partial charge is 0.154 e. The van der Waals surface area contributed by atoms with Gasteiger partial charge in [0.2, 0.25) is 0 Å². The summed E-state index contributed by atoms with van der Waals surface area (Å²) in [6.07, 6.45) is 0.646. The molecule has 1 aliphatic rings. The van der Waals surface area contributed by atoms with Crippen LogP contribution in [0.25, 0.3) is 0 Å². The van der Waals surface area contributed by atoms with Gasteiger partial charge in [-0.15, -0.1) is 23.4 Å². The van der Waals surface area contributed by atoms with Gasteiger partial charge in [-0.05, 0) is 19.1 Å². The topological polar surface area (TPSA) is 21.6 Å². The molecule has 0 aliphatic carbocycles. The lowest BCUT2D eigenvalue weighted by Crippen LogP contribution is -2.26. The zero-order valence-corrected chi connectivity index (χ0v) is 12.1. The molecule has 1 aromatic rings. The molecule has 2 rings (SSSR count). The molecule has 0 aromatic heterocycles. The Balaban J connectivity index is 1.97. The summed E-state index contributed by atoms with van der Waals surface area (Å²) >= 11 is 13.2. The number of nitrogens with zero attached hydrogens (tertiary/aromatic N) is 1. The lowest BCUT2D eigenvalue weighted by Gasteiger charge is -2.16. The number of rotatable bonds is 3. The Bertz CT molecular complexity index is 463. The van der Waals surface area contributed by atoms with Crippen molar-refractivity contribution in [3.05, 3.63) is 34.6 Å². The normalized spacial score (nSPS) is 22.8. The highest BCUT2D eigenvalue weighted by molar-refractivity contribution is 8.13. The van der Waals surface area contributed by atoms with Gasteiger partial charge in [-0.1, -0.05) is 22.8 Å². The zero-order valence-electron chi connectivity index (χ0n) is 9.75. The molecule has 0 saturated carbocycles. The molecular formula is C12H12Cl2FNOS. The van der Waals surface area contributed by atoms with Crippen molar-refractivity contribution in [1.82, 2.24) is 0 Å². The summed E-state index contributed by atoms with van der Waals surface area (Å²) in [5.74, 6) is 0.516. The lowest BCUT2D eigenvalue weighted by atomic mass is 10.1. The Labute approximate surface area is 119 Å². The minimum Gasteiger partial charge on any atom is -0.387 e. The van der Waals surface area contributed by atoms with Gasteiger partial charge in [0.25, 0.3) is 0 Å². The van der Waals surface area contributed by atoms with Crippen molar-refractivity contribution in [1.29, 1.82) is 0 Å². The molecule has 0 spiro atoms. The standard InChI is InChI=1S/C12H12Cl2FNOS/c1-12(7-13)5-11(16-17-12)18-6-8-9(14)3-2-4-10(8)15/h2-4H,5-7H2,1H3. The van der Waals surface area contributed by atoms with E-state index in [1.165, 1.54) is 17.8 Å². The van der Waals surface area contributed by atoms with E-state index >= 15 is 0 Å². The Hall–Kier alpha value is -0.450. The van der Waals surface area contributed by atoms with Crippen molar-refractivity contribution in [3.63, 3.8) is 0 Å². The molecule has 6 heteroatoms. The second-order valence-electron chi connectivity index (χ2n) is 4.33. The monoisotopic (exact) mass is 307 g/mol. The summed E-state index contributed by atoms with van der Waals surface area (Å²) in [5.41, 5.74) is 0.0504. The van der Waals surface area contributed by atoms with E-state index in [0.717, 1.165) is 5.04 Å². The van der Waals surface area contributed by atoms with E-state index in [1.807, 2.05) is 6.92 Å². The number of hydrogen-bond acceptors (Lipinski definition) is 3. The van der Waals surface area contributed by atoms with Gasteiger partial charge < -0.3 is 4.84 Å². The highest BCUT2D eigenvalue weighted by Crippen LogP contribution is 2.32. The maximum atomic E-state index is 13.6. The van der Waals surface area contributed by atoms with Gasteiger partial charge in [-0.3, -0.25) is 0 Å². The van der Waals surface area contributed by atoms with Crippen LogP contribution in [0.15, 0.2) is 23.4 Å². The zero-order chi connectivity index (χ0) is 13.2. The van der Waals surface area contributed by atoms with E-state index in [-0.39, 0.29) is 5.82 Å². The molecule has 1 aromatic carbocycles. The van der Waals surface area contributed by atoms with Crippen LogP contribution < -0.4 is 0 Å². The van der Waals surface area contributed by atoms with E-state index in [1.54, 1.807) is 12.1 Å². The van der Waals surface area contributed by atoms with E-state index in [2.05, 4.69) is 5.16 Å². The third-order valence-electron chi connectivity index (χ3n) is 2.62. The van der Waals surface area contributed by atoms with E-state index in [0.29, 0.717) is 28.6 Å². The number of thioether (sulfide) groups is 1. The van der Waals surface area contributed by atoms with Crippen LogP contribution in [-0.4, -0.2) is 16.5 Å². The number of hydrogen-bond donors (Lipinski definition) is 0. The van der Waals surface area contributed by atoms with Crippen LogP contribution in [0.2, 0.25) is 5.02 Å². The van der Waals surface area contributed by atoms with Crippen LogP contribution in [0.5, 0.6) is 0 Å². The van der Waals surface area contributed by atoms with Gasteiger partial charge in [0.15, 0.2) is 5.60 Å². The summed E-state index contributed by atoms with van der Waals surface area (Å²) in [6, 6.07) is 4.67. The Morgan fingerprint density at radius 1 is 1.56 bits per heavy atom. The first-order valence-electron chi connectivity index (χ1n) is 5.41. The van der Waals surface area contributed by atoms with Gasteiger partial charge in [0, 0.05) is 22.8 Å². The summed E-state index contributed by atoms with van der Waals surface area (Å²) in [6.45, 7) is 1.90. The summed E-state index contributed by atoms with van der Waals surface area (Å²) < 4.78 is 13.6. The molecule has 1 aliphatic heterocycles. The molecule has 98 valence electrons. The number of oxime groups is 1. The van der Waals surface area contributed by atoms with Crippen LogP contribution >= 0.6 is 35.0 Å². The first-order chi connectivity index (χ1) is 8.54. The van der Waals surface area contributed by atoms with Crippen molar-refractivity contribution in [2.45, 2.75) is 24.7 Å². The fraction of sp³-hybridized carbons (Fsp3) is 0.417. The number of alkyl halides is 1. The number of benzene rings is 1. The first-order valence-corrected chi connectivity index (χ1v) is 7.30. The van der Waals surface area contributed by atoms with Crippen LogP contribution in [0.3, 0.4) is 0 Å². The third-order valence-corrected chi connectivity index (χ3v) is 4.53.